The van der Waals surface area contributed by atoms with E-state index in [1.165, 1.54) is 30.4 Å². The van der Waals surface area contributed by atoms with Crippen LogP contribution in [0.4, 0.5) is 0 Å². The van der Waals surface area contributed by atoms with Gasteiger partial charge in [-0.2, -0.15) is 0 Å². The van der Waals surface area contributed by atoms with Crippen LogP contribution in [0.15, 0.2) is 48.5 Å². The molecule has 0 saturated heterocycles. The average molecular weight is 415 g/mol. The predicted molar refractivity (Wildman–Crippen MR) is 122 cm³/mol. The summed E-state index contributed by atoms with van der Waals surface area (Å²) in [6, 6.07) is 16.8. The molecule has 0 fully saturated rings. The third kappa shape index (κ3) is 6.75. The summed E-state index contributed by atoms with van der Waals surface area (Å²) in [5, 5.41) is 18.0. The van der Waals surface area contributed by atoms with Gasteiger partial charge in [0.15, 0.2) is 0 Å². The minimum atomic E-state index is -0.0750. The molecule has 0 saturated carbocycles. The maximum atomic E-state index is 9.01. The van der Waals surface area contributed by atoms with Crippen LogP contribution in [0.1, 0.15) is 64.0 Å². The quantitative estimate of drug-likeness (QED) is 0.410. The maximum absolute atomic E-state index is 9.01. The highest BCUT2D eigenvalue weighted by Gasteiger charge is 2.34. The molecule has 4 heteroatoms. The summed E-state index contributed by atoms with van der Waals surface area (Å²) in [5.74, 6) is 2.11. The summed E-state index contributed by atoms with van der Waals surface area (Å²) < 4.78 is 11.1. The van der Waals surface area contributed by atoms with Crippen molar-refractivity contribution in [1.29, 1.82) is 0 Å². The highest BCUT2D eigenvalue weighted by Crippen LogP contribution is 2.43. The number of rotatable bonds is 14. The Bertz CT molecular complexity index is 655. The molecule has 0 spiro atoms. The zero-order valence-corrected chi connectivity index (χ0v) is 18.8. The monoisotopic (exact) mass is 414 g/mol. The topological polar surface area (TPSA) is 58.9 Å². The number of aliphatic hydroxyl groups excluding tert-OH is 2. The maximum Gasteiger partial charge on any atom is 0.119 e. The van der Waals surface area contributed by atoms with Crippen LogP contribution in [0.2, 0.25) is 0 Å². The van der Waals surface area contributed by atoms with Crippen LogP contribution in [0.25, 0.3) is 0 Å². The minimum absolute atomic E-state index is 0.0146. The molecule has 4 nitrogen and oxygen atoms in total. The van der Waals surface area contributed by atoms with Gasteiger partial charge in [0.05, 0.1) is 13.2 Å². The van der Waals surface area contributed by atoms with Gasteiger partial charge < -0.3 is 19.7 Å². The summed E-state index contributed by atoms with van der Waals surface area (Å²) in [6.07, 6.45) is 5.74. The van der Waals surface area contributed by atoms with Crippen molar-refractivity contribution in [1.82, 2.24) is 0 Å². The van der Waals surface area contributed by atoms with Crippen molar-refractivity contribution in [2.24, 2.45) is 5.92 Å². The zero-order chi connectivity index (χ0) is 21.8. The van der Waals surface area contributed by atoms with Crippen molar-refractivity contribution in [2.75, 3.05) is 26.4 Å². The fourth-order valence-corrected chi connectivity index (χ4v) is 4.23. The van der Waals surface area contributed by atoms with E-state index in [1.807, 2.05) is 24.3 Å². The Morgan fingerprint density at radius 3 is 1.60 bits per heavy atom. The number of benzene rings is 2. The van der Waals surface area contributed by atoms with E-state index in [2.05, 4.69) is 45.0 Å². The molecule has 0 aliphatic heterocycles. The van der Waals surface area contributed by atoms with Crippen molar-refractivity contribution in [3.05, 3.63) is 59.7 Å². The molecule has 0 amide bonds. The molecule has 166 valence electrons. The van der Waals surface area contributed by atoms with Gasteiger partial charge in [-0.15, -0.1) is 0 Å². The third-order valence-corrected chi connectivity index (χ3v) is 5.50. The second-order valence-electron chi connectivity index (χ2n) is 8.33. The highest BCUT2D eigenvalue weighted by molar-refractivity contribution is 5.43. The summed E-state index contributed by atoms with van der Waals surface area (Å²) in [5.41, 5.74) is 2.52. The average Bonchev–Trinajstić information content (AvgIpc) is 2.76. The third-order valence-electron chi connectivity index (χ3n) is 5.50. The summed E-state index contributed by atoms with van der Waals surface area (Å²) in [6.45, 7) is 7.45. The van der Waals surface area contributed by atoms with Crippen LogP contribution >= 0.6 is 0 Å². The Hall–Kier alpha value is -2.04. The number of aliphatic hydroxyl groups is 2. The molecule has 0 heterocycles. The first-order valence-corrected chi connectivity index (χ1v) is 11.2. The summed E-state index contributed by atoms with van der Waals surface area (Å²) >= 11 is 0. The number of hydrogen-bond acceptors (Lipinski definition) is 4. The molecule has 0 atom stereocenters. The Morgan fingerprint density at radius 1 is 0.767 bits per heavy atom. The first-order chi connectivity index (χ1) is 14.6. The van der Waals surface area contributed by atoms with E-state index in [0.29, 0.717) is 19.1 Å². The largest absolute Gasteiger partial charge is 0.491 e. The van der Waals surface area contributed by atoms with Gasteiger partial charge in [-0.3, -0.25) is 0 Å². The first kappa shape index (κ1) is 24.2. The number of unbranched alkanes of at least 4 members (excludes halogenated alkanes) is 2. The molecule has 0 aliphatic carbocycles. The fraction of sp³-hybridized carbons (Fsp3) is 0.538. The van der Waals surface area contributed by atoms with Crippen molar-refractivity contribution >= 4 is 0 Å². The van der Waals surface area contributed by atoms with E-state index in [1.54, 1.807) is 0 Å². The first-order valence-electron chi connectivity index (χ1n) is 11.2. The van der Waals surface area contributed by atoms with Crippen LogP contribution in [0.5, 0.6) is 11.5 Å². The smallest absolute Gasteiger partial charge is 0.119 e. The standard InChI is InChI=1S/C26H38O4/c1-4-5-6-15-26(20-21(2)3,22-7-11-24(12-8-22)29-18-16-27)23-9-13-25(14-10-23)30-19-17-28/h7-14,21,27-28H,4-6,15-20H2,1-3H3. The Kier molecular flexibility index (Phi) is 10.2. The van der Waals surface area contributed by atoms with Gasteiger partial charge >= 0.3 is 0 Å². The van der Waals surface area contributed by atoms with Crippen molar-refractivity contribution < 1.29 is 19.7 Å². The molecule has 2 rings (SSSR count). The number of hydrogen-bond donors (Lipinski definition) is 2. The zero-order valence-electron chi connectivity index (χ0n) is 18.8. The van der Waals surface area contributed by atoms with Crippen molar-refractivity contribution in [3.8, 4) is 11.5 Å². The normalized spacial score (nSPS) is 11.7. The second-order valence-corrected chi connectivity index (χ2v) is 8.33. The van der Waals surface area contributed by atoms with E-state index < -0.39 is 0 Å². The molecule has 0 aromatic heterocycles. The summed E-state index contributed by atoms with van der Waals surface area (Å²) in [4.78, 5) is 0. The number of ether oxygens (including phenoxy) is 2. The molecule has 0 unspecified atom stereocenters. The lowest BCUT2D eigenvalue weighted by Gasteiger charge is -2.37. The second kappa shape index (κ2) is 12.6. The highest BCUT2D eigenvalue weighted by atomic mass is 16.5. The van der Waals surface area contributed by atoms with Crippen molar-refractivity contribution in [3.63, 3.8) is 0 Å². The summed E-state index contributed by atoms with van der Waals surface area (Å²) in [7, 11) is 0. The van der Waals surface area contributed by atoms with Gasteiger partial charge in [-0.1, -0.05) is 64.3 Å². The van der Waals surface area contributed by atoms with E-state index >= 15 is 0 Å². The molecule has 2 aromatic rings. The lowest BCUT2D eigenvalue weighted by Crippen LogP contribution is -2.30. The molecule has 0 aliphatic rings. The lowest BCUT2D eigenvalue weighted by molar-refractivity contribution is 0.201. The molecule has 0 radical (unpaired) electrons. The van der Waals surface area contributed by atoms with Gasteiger partial charge in [0.25, 0.3) is 0 Å². The van der Waals surface area contributed by atoms with Gasteiger partial charge in [0.1, 0.15) is 24.7 Å². The molecular formula is C26H38O4. The molecule has 2 aromatic carbocycles. The van der Waals surface area contributed by atoms with E-state index in [-0.39, 0.29) is 18.6 Å². The molecule has 2 N–H and O–H groups in total. The SMILES string of the molecule is CCCCCC(CC(C)C)(c1ccc(OCCO)cc1)c1ccc(OCCO)cc1. The van der Waals surface area contributed by atoms with E-state index in [4.69, 9.17) is 19.7 Å². The predicted octanol–water partition coefficient (Wildman–Crippen LogP) is 5.34. The Labute approximate surface area is 181 Å². The lowest BCUT2D eigenvalue weighted by atomic mass is 9.66. The van der Waals surface area contributed by atoms with Crippen LogP contribution in [0.3, 0.4) is 0 Å². The van der Waals surface area contributed by atoms with Gasteiger partial charge in [0, 0.05) is 5.41 Å². The fourth-order valence-electron chi connectivity index (χ4n) is 4.23. The Balaban J connectivity index is 2.43. The van der Waals surface area contributed by atoms with Crippen LogP contribution in [-0.4, -0.2) is 36.6 Å². The van der Waals surface area contributed by atoms with E-state index in [0.717, 1.165) is 24.3 Å². The molecule has 30 heavy (non-hydrogen) atoms. The van der Waals surface area contributed by atoms with Crippen LogP contribution < -0.4 is 9.47 Å². The molecular weight excluding hydrogens is 376 g/mol. The minimum Gasteiger partial charge on any atom is -0.491 e. The molecule has 0 bridgehead atoms. The van der Waals surface area contributed by atoms with Gasteiger partial charge in [-0.25, -0.2) is 0 Å². The van der Waals surface area contributed by atoms with Crippen LogP contribution in [0, 0.1) is 5.92 Å². The van der Waals surface area contributed by atoms with E-state index in [9.17, 15) is 0 Å². The van der Waals surface area contributed by atoms with Crippen molar-refractivity contribution in [2.45, 2.75) is 58.3 Å². The Morgan fingerprint density at radius 2 is 1.23 bits per heavy atom. The van der Waals surface area contributed by atoms with Crippen LogP contribution in [-0.2, 0) is 5.41 Å². The van der Waals surface area contributed by atoms with Gasteiger partial charge in [0.2, 0.25) is 0 Å². The van der Waals surface area contributed by atoms with Gasteiger partial charge in [-0.05, 0) is 54.2 Å².